The molecule has 2 aliphatic rings. The molecule has 2 atom stereocenters. The number of rotatable bonds is 6. The Morgan fingerprint density at radius 1 is 1.06 bits per heavy atom. The lowest BCUT2D eigenvalue weighted by Crippen LogP contribution is -2.37. The third-order valence-corrected chi connectivity index (χ3v) is 6.66. The van der Waals surface area contributed by atoms with Crippen molar-refractivity contribution >= 4 is 17.8 Å². The summed E-state index contributed by atoms with van der Waals surface area (Å²) in [5.41, 5.74) is 4.13. The molecule has 2 aromatic carbocycles. The number of aliphatic hydroxyl groups excluding tert-OH is 1. The second-order valence-electron chi connectivity index (χ2n) is 8.60. The second-order valence-corrected chi connectivity index (χ2v) is 9.04. The minimum absolute atomic E-state index is 0.246. The van der Waals surface area contributed by atoms with E-state index in [0.717, 1.165) is 42.8 Å². The monoisotopic (exact) mass is 461 g/mol. The van der Waals surface area contributed by atoms with Crippen LogP contribution in [-0.2, 0) is 0 Å². The summed E-state index contributed by atoms with van der Waals surface area (Å²) in [5.74, 6) is 0.381. The van der Waals surface area contributed by atoms with Crippen LogP contribution < -0.4 is 5.32 Å². The van der Waals surface area contributed by atoms with Gasteiger partial charge in [0.1, 0.15) is 0 Å². The van der Waals surface area contributed by atoms with Gasteiger partial charge in [-0.3, -0.25) is 0 Å². The van der Waals surface area contributed by atoms with Gasteiger partial charge in [0.2, 0.25) is 6.29 Å². The van der Waals surface area contributed by atoms with Crippen LogP contribution in [0, 0.1) is 0 Å². The van der Waals surface area contributed by atoms with Gasteiger partial charge in [-0.15, -0.1) is 0 Å². The van der Waals surface area contributed by atoms with Crippen molar-refractivity contribution in [3.8, 4) is 11.3 Å². The van der Waals surface area contributed by atoms with E-state index in [4.69, 9.17) is 16.7 Å². The van der Waals surface area contributed by atoms with Crippen LogP contribution in [0.3, 0.4) is 0 Å². The van der Waals surface area contributed by atoms with E-state index < -0.39 is 6.10 Å². The molecule has 5 rings (SSSR count). The normalized spacial score (nSPS) is 20.0. The quantitative estimate of drug-likeness (QED) is 0.555. The minimum atomic E-state index is -0.461. The number of β-amino-alcohol motifs (C(OH)–C–C–N with tert-alkyl or cyclic N) is 1. The maximum Gasteiger partial charge on any atom is 0.215 e. The Balaban J connectivity index is 1.32. The Bertz CT molecular complexity index is 1120. The lowest BCUT2D eigenvalue weighted by Gasteiger charge is -2.34. The maximum atomic E-state index is 10.6. The fraction of sp³-hybridized carbons (Fsp3) is 0.308. The SMILES string of the molecule is OC(CN1CCC(c2cc(-c3ccc(Cl)cc3)nn2C2N=CC=CN2)CC1)c1ccccc1. The van der Waals surface area contributed by atoms with Crippen LogP contribution >= 0.6 is 11.6 Å². The maximum absolute atomic E-state index is 10.6. The average molecular weight is 462 g/mol. The van der Waals surface area contributed by atoms with Gasteiger partial charge in [0.05, 0.1) is 11.8 Å². The van der Waals surface area contributed by atoms with Gasteiger partial charge in [-0.1, -0.05) is 54.1 Å². The van der Waals surface area contributed by atoms with Gasteiger partial charge in [-0.2, -0.15) is 5.10 Å². The Labute approximate surface area is 199 Å². The fourth-order valence-electron chi connectivity index (χ4n) is 4.60. The first kappa shape index (κ1) is 21.9. The summed E-state index contributed by atoms with van der Waals surface area (Å²) in [7, 11) is 0. The number of nitrogens with one attached hydrogen (secondary N) is 1. The fourth-order valence-corrected chi connectivity index (χ4v) is 4.73. The number of hydrogen-bond acceptors (Lipinski definition) is 5. The van der Waals surface area contributed by atoms with Gasteiger partial charge in [-0.25, -0.2) is 9.67 Å². The molecule has 0 aliphatic carbocycles. The molecule has 2 unspecified atom stereocenters. The average Bonchev–Trinajstić information content (AvgIpc) is 3.31. The van der Waals surface area contributed by atoms with Crippen molar-refractivity contribution < 1.29 is 5.11 Å². The van der Waals surface area contributed by atoms with E-state index in [1.165, 1.54) is 5.69 Å². The van der Waals surface area contributed by atoms with Crippen LogP contribution in [0.15, 0.2) is 77.9 Å². The minimum Gasteiger partial charge on any atom is -0.387 e. The topological polar surface area (TPSA) is 65.7 Å². The molecule has 1 fully saturated rings. The van der Waals surface area contributed by atoms with Gasteiger partial charge < -0.3 is 15.3 Å². The van der Waals surface area contributed by atoms with Crippen molar-refractivity contribution in [1.29, 1.82) is 0 Å². The summed E-state index contributed by atoms with van der Waals surface area (Å²) in [5, 5.41) is 19.6. The highest BCUT2D eigenvalue weighted by Crippen LogP contribution is 2.33. The van der Waals surface area contributed by atoms with E-state index in [0.29, 0.717) is 17.5 Å². The van der Waals surface area contributed by atoms with E-state index in [2.05, 4.69) is 21.3 Å². The highest BCUT2D eigenvalue weighted by atomic mass is 35.5. The van der Waals surface area contributed by atoms with Crippen molar-refractivity contribution in [2.75, 3.05) is 19.6 Å². The number of piperidine rings is 1. The summed E-state index contributed by atoms with van der Waals surface area (Å²) in [6.07, 6.45) is 6.91. The van der Waals surface area contributed by atoms with Crippen molar-refractivity contribution in [3.05, 3.63) is 89.2 Å². The van der Waals surface area contributed by atoms with E-state index in [9.17, 15) is 5.11 Å². The predicted octanol–water partition coefficient (Wildman–Crippen LogP) is 4.76. The molecule has 0 spiro atoms. The molecule has 1 saturated heterocycles. The molecule has 0 radical (unpaired) electrons. The van der Waals surface area contributed by atoms with Crippen molar-refractivity contribution in [2.24, 2.45) is 4.99 Å². The van der Waals surface area contributed by atoms with Crippen molar-refractivity contribution in [1.82, 2.24) is 20.0 Å². The predicted molar refractivity (Wildman–Crippen MR) is 132 cm³/mol. The molecule has 3 heterocycles. The van der Waals surface area contributed by atoms with Crippen LogP contribution in [0.2, 0.25) is 5.02 Å². The molecular weight excluding hydrogens is 434 g/mol. The van der Waals surface area contributed by atoms with Gasteiger partial charge >= 0.3 is 0 Å². The van der Waals surface area contributed by atoms with Crippen LogP contribution in [0.4, 0.5) is 0 Å². The molecule has 0 bridgehead atoms. The number of hydrogen-bond donors (Lipinski definition) is 2. The number of aliphatic hydroxyl groups is 1. The van der Waals surface area contributed by atoms with E-state index in [1.807, 2.05) is 77.8 Å². The molecule has 3 aromatic rings. The molecule has 2 N–H and O–H groups in total. The van der Waals surface area contributed by atoms with Gasteiger partial charge in [0.15, 0.2) is 0 Å². The van der Waals surface area contributed by atoms with E-state index in [1.54, 1.807) is 0 Å². The summed E-state index contributed by atoms with van der Waals surface area (Å²) in [4.78, 5) is 6.93. The molecule has 7 heteroatoms. The first-order valence-electron chi connectivity index (χ1n) is 11.4. The van der Waals surface area contributed by atoms with E-state index >= 15 is 0 Å². The van der Waals surface area contributed by atoms with E-state index in [-0.39, 0.29) is 6.29 Å². The van der Waals surface area contributed by atoms with Gasteiger partial charge in [-0.05, 0) is 55.8 Å². The standard InChI is InChI=1S/C26H28ClN5O/c27-22-9-7-19(8-10-22)23-17-24(32(30-23)26-28-13-4-14-29-26)20-11-15-31(16-12-20)18-25(33)21-5-2-1-3-6-21/h1-10,13-14,17,20,25-26,28,33H,11-12,15-16,18H2. The number of likely N-dealkylation sites (tertiary alicyclic amines) is 1. The highest BCUT2D eigenvalue weighted by Gasteiger charge is 2.28. The van der Waals surface area contributed by atoms with Crippen LogP contribution in [0.5, 0.6) is 0 Å². The van der Waals surface area contributed by atoms with Crippen molar-refractivity contribution in [3.63, 3.8) is 0 Å². The zero-order valence-corrected chi connectivity index (χ0v) is 19.1. The van der Waals surface area contributed by atoms with Gasteiger partial charge in [0.25, 0.3) is 0 Å². The molecule has 2 aliphatic heterocycles. The lowest BCUT2D eigenvalue weighted by molar-refractivity contribution is 0.0963. The third kappa shape index (κ3) is 5.03. The number of benzene rings is 2. The molecule has 0 saturated carbocycles. The Kier molecular flexibility index (Phi) is 6.58. The van der Waals surface area contributed by atoms with Crippen LogP contribution in [-0.4, -0.2) is 45.6 Å². The highest BCUT2D eigenvalue weighted by molar-refractivity contribution is 6.30. The number of allylic oxidation sites excluding steroid dienone is 1. The molecule has 6 nitrogen and oxygen atoms in total. The largest absolute Gasteiger partial charge is 0.387 e. The zero-order valence-electron chi connectivity index (χ0n) is 18.4. The summed E-state index contributed by atoms with van der Waals surface area (Å²) < 4.78 is 2.02. The first-order chi connectivity index (χ1) is 16.2. The number of nitrogens with zero attached hydrogens (tertiary/aromatic N) is 4. The third-order valence-electron chi connectivity index (χ3n) is 6.41. The molecule has 170 valence electrons. The van der Waals surface area contributed by atoms with Crippen molar-refractivity contribution in [2.45, 2.75) is 31.2 Å². The Morgan fingerprint density at radius 3 is 2.52 bits per heavy atom. The Morgan fingerprint density at radius 2 is 1.82 bits per heavy atom. The number of aliphatic imine (C=N–C) groups is 1. The molecule has 1 aromatic heterocycles. The lowest BCUT2D eigenvalue weighted by atomic mass is 9.92. The zero-order chi connectivity index (χ0) is 22.6. The van der Waals surface area contributed by atoms with Crippen LogP contribution in [0.25, 0.3) is 11.3 Å². The second kappa shape index (κ2) is 9.91. The van der Waals surface area contributed by atoms with Gasteiger partial charge in [0, 0.05) is 41.2 Å². The summed E-state index contributed by atoms with van der Waals surface area (Å²) in [6, 6.07) is 19.9. The van der Waals surface area contributed by atoms with Crippen LogP contribution in [0.1, 0.15) is 42.4 Å². The molecule has 33 heavy (non-hydrogen) atoms. The number of aromatic nitrogens is 2. The summed E-state index contributed by atoms with van der Waals surface area (Å²) >= 11 is 6.08. The first-order valence-corrected chi connectivity index (χ1v) is 11.8. The smallest absolute Gasteiger partial charge is 0.215 e. The molecular formula is C26H28ClN5O. The molecule has 0 amide bonds. The number of halogens is 1. The summed E-state index contributed by atoms with van der Waals surface area (Å²) in [6.45, 7) is 2.54. The Hall–Kier alpha value is -2.93.